The Morgan fingerprint density at radius 3 is 2.88 bits per heavy atom. The highest BCUT2D eigenvalue weighted by Crippen LogP contribution is 2.21. The average molecular weight is 212 g/mol. The van der Waals surface area contributed by atoms with Gasteiger partial charge < -0.3 is 4.74 Å². The van der Waals surface area contributed by atoms with E-state index in [-0.39, 0.29) is 0 Å². The molecule has 2 aromatic rings. The zero-order chi connectivity index (χ0) is 11.5. The zero-order valence-electron chi connectivity index (χ0n) is 9.32. The van der Waals surface area contributed by atoms with Crippen LogP contribution in [0.5, 0.6) is 5.75 Å². The van der Waals surface area contributed by atoms with Gasteiger partial charge in [-0.05, 0) is 30.7 Å². The standard InChI is InChI=1S/C13H12N2O/c1-9-7-10-3-4-11(16-2)8-13(10)15-12(9)5-6-14/h3-4,7-8H,5H2,1-2H3. The van der Waals surface area contributed by atoms with Crippen LogP contribution in [0, 0.1) is 18.3 Å². The predicted octanol–water partition coefficient (Wildman–Crippen LogP) is 2.62. The molecule has 2 rings (SSSR count). The molecule has 0 aliphatic rings. The van der Waals surface area contributed by atoms with E-state index in [2.05, 4.69) is 17.1 Å². The summed E-state index contributed by atoms with van der Waals surface area (Å²) in [6, 6.07) is 9.95. The van der Waals surface area contributed by atoms with Crippen molar-refractivity contribution in [2.24, 2.45) is 0 Å². The second kappa shape index (κ2) is 4.19. The summed E-state index contributed by atoms with van der Waals surface area (Å²) in [4.78, 5) is 4.47. The Morgan fingerprint density at radius 1 is 1.38 bits per heavy atom. The number of aromatic nitrogens is 1. The molecule has 0 fully saturated rings. The zero-order valence-corrected chi connectivity index (χ0v) is 9.32. The second-order valence-corrected chi connectivity index (χ2v) is 3.65. The Balaban J connectivity index is 2.62. The number of aryl methyl sites for hydroxylation is 1. The smallest absolute Gasteiger partial charge is 0.121 e. The van der Waals surface area contributed by atoms with E-state index in [9.17, 15) is 0 Å². The Kier molecular flexibility index (Phi) is 2.74. The summed E-state index contributed by atoms with van der Waals surface area (Å²) in [7, 11) is 1.63. The van der Waals surface area contributed by atoms with Gasteiger partial charge in [-0.2, -0.15) is 5.26 Å². The number of benzene rings is 1. The van der Waals surface area contributed by atoms with Gasteiger partial charge in [-0.3, -0.25) is 4.98 Å². The quantitative estimate of drug-likeness (QED) is 0.768. The third kappa shape index (κ3) is 1.82. The predicted molar refractivity (Wildman–Crippen MR) is 62.3 cm³/mol. The first-order valence-electron chi connectivity index (χ1n) is 5.06. The molecule has 3 heteroatoms. The Morgan fingerprint density at radius 2 is 2.19 bits per heavy atom. The van der Waals surface area contributed by atoms with E-state index in [0.717, 1.165) is 27.9 Å². The van der Waals surface area contributed by atoms with Crippen LogP contribution in [-0.4, -0.2) is 12.1 Å². The fourth-order valence-corrected chi connectivity index (χ4v) is 1.67. The SMILES string of the molecule is COc1ccc2cc(C)c(CC#N)nc2c1. The first kappa shape index (κ1) is 10.4. The van der Waals surface area contributed by atoms with Crippen LogP contribution in [0.3, 0.4) is 0 Å². The van der Waals surface area contributed by atoms with E-state index in [1.807, 2.05) is 25.1 Å². The summed E-state index contributed by atoms with van der Waals surface area (Å²) in [5, 5.41) is 9.77. The van der Waals surface area contributed by atoms with Gasteiger partial charge in [-0.25, -0.2) is 0 Å². The Bertz CT molecular complexity index is 570. The number of hydrogen-bond donors (Lipinski definition) is 0. The van der Waals surface area contributed by atoms with E-state index in [0.29, 0.717) is 6.42 Å². The van der Waals surface area contributed by atoms with Crippen molar-refractivity contribution in [1.29, 1.82) is 5.26 Å². The number of hydrogen-bond acceptors (Lipinski definition) is 3. The molecule has 1 heterocycles. The van der Waals surface area contributed by atoms with E-state index >= 15 is 0 Å². The van der Waals surface area contributed by atoms with Crippen molar-refractivity contribution >= 4 is 10.9 Å². The second-order valence-electron chi connectivity index (χ2n) is 3.65. The number of nitriles is 1. The molecule has 0 aliphatic heterocycles. The van der Waals surface area contributed by atoms with E-state index in [1.54, 1.807) is 7.11 Å². The normalized spacial score (nSPS) is 10.1. The van der Waals surface area contributed by atoms with Gasteiger partial charge in [-0.15, -0.1) is 0 Å². The maximum absolute atomic E-state index is 8.70. The molecule has 80 valence electrons. The van der Waals surface area contributed by atoms with Crippen LogP contribution < -0.4 is 4.74 Å². The highest BCUT2D eigenvalue weighted by Gasteiger charge is 2.04. The van der Waals surface area contributed by atoms with Crippen molar-refractivity contribution in [3.05, 3.63) is 35.5 Å². The van der Waals surface area contributed by atoms with Crippen LogP contribution in [0.25, 0.3) is 10.9 Å². The van der Waals surface area contributed by atoms with Gasteiger partial charge in [0.15, 0.2) is 0 Å². The minimum absolute atomic E-state index is 0.346. The molecule has 0 aliphatic carbocycles. The van der Waals surface area contributed by atoms with Crippen molar-refractivity contribution in [3.63, 3.8) is 0 Å². The van der Waals surface area contributed by atoms with Crippen molar-refractivity contribution in [3.8, 4) is 11.8 Å². The highest BCUT2D eigenvalue weighted by molar-refractivity contribution is 5.81. The number of rotatable bonds is 2. The number of ether oxygens (including phenoxy) is 1. The first-order valence-corrected chi connectivity index (χ1v) is 5.06. The van der Waals surface area contributed by atoms with Crippen LogP contribution in [-0.2, 0) is 6.42 Å². The third-order valence-corrected chi connectivity index (χ3v) is 2.57. The monoisotopic (exact) mass is 212 g/mol. The molecule has 0 bridgehead atoms. The van der Waals surface area contributed by atoms with E-state index < -0.39 is 0 Å². The van der Waals surface area contributed by atoms with Crippen LogP contribution in [0.1, 0.15) is 11.3 Å². The molecule has 0 saturated heterocycles. The van der Waals surface area contributed by atoms with Crippen LogP contribution in [0.2, 0.25) is 0 Å². The van der Waals surface area contributed by atoms with Crippen LogP contribution in [0.15, 0.2) is 24.3 Å². The molecule has 0 saturated carbocycles. The minimum Gasteiger partial charge on any atom is -0.497 e. The molecule has 3 nitrogen and oxygen atoms in total. The summed E-state index contributed by atoms with van der Waals surface area (Å²) in [5.41, 5.74) is 2.76. The number of methoxy groups -OCH3 is 1. The molecule has 0 atom stereocenters. The maximum atomic E-state index is 8.70. The van der Waals surface area contributed by atoms with Gasteiger partial charge >= 0.3 is 0 Å². The van der Waals surface area contributed by atoms with Gasteiger partial charge in [0.2, 0.25) is 0 Å². The first-order chi connectivity index (χ1) is 7.74. The van der Waals surface area contributed by atoms with Crippen molar-refractivity contribution in [2.75, 3.05) is 7.11 Å². The fourth-order valence-electron chi connectivity index (χ4n) is 1.67. The van der Waals surface area contributed by atoms with Gasteiger partial charge in [0, 0.05) is 11.5 Å². The lowest BCUT2D eigenvalue weighted by Crippen LogP contribution is -1.94. The largest absolute Gasteiger partial charge is 0.497 e. The van der Waals surface area contributed by atoms with Crippen LogP contribution in [0.4, 0.5) is 0 Å². The maximum Gasteiger partial charge on any atom is 0.121 e. The minimum atomic E-state index is 0.346. The molecule has 0 radical (unpaired) electrons. The van der Waals surface area contributed by atoms with E-state index in [1.165, 1.54) is 0 Å². The lowest BCUT2D eigenvalue weighted by atomic mass is 10.1. The van der Waals surface area contributed by atoms with Gasteiger partial charge in [0.1, 0.15) is 5.75 Å². The summed E-state index contributed by atoms with van der Waals surface area (Å²) >= 11 is 0. The van der Waals surface area contributed by atoms with E-state index in [4.69, 9.17) is 10.00 Å². The Labute approximate surface area is 94.3 Å². The fraction of sp³-hybridized carbons (Fsp3) is 0.231. The lowest BCUT2D eigenvalue weighted by Gasteiger charge is -2.06. The Hall–Kier alpha value is -2.08. The van der Waals surface area contributed by atoms with Crippen molar-refractivity contribution in [1.82, 2.24) is 4.98 Å². The summed E-state index contributed by atoms with van der Waals surface area (Å²) in [6.45, 7) is 1.98. The summed E-state index contributed by atoms with van der Waals surface area (Å²) in [6.07, 6.45) is 0.346. The number of pyridine rings is 1. The molecule has 0 N–H and O–H groups in total. The van der Waals surface area contributed by atoms with Crippen molar-refractivity contribution in [2.45, 2.75) is 13.3 Å². The van der Waals surface area contributed by atoms with Gasteiger partial charge in [-0.1, -0.05) is 0 Å². The van der Waals surface area contributed by atoms with Crippen LogP contribution >= 0.6 is 0 Å². The summed E-state index contributed by atoms with van der Waals surface area (Å²) in [5.74, 6) is 0.784. The molecule has 0 unspecified atom stereocenters. The lowest BCUT2D eigenvalue weighted by molar-refractivity contribution is 0.415. The van der Waals surface area contributed by atoms with Crippen molar-refractivity contribution < 1.29 is 4.74 Å². The third-order valence-electron chi connectivity index (χ3n) is 2.57. The molecule has 1 aromatic heterocycles. The molecule has 0 amide bonds. The molecule has 16 heavy (non-hydrogen) atoms. The van der Waals surface area contributed by atoms with Gasteiger partial charge in [0.25, 0.3) is 0 Å². The van der Waals surface area contributed by atoms with Gasteiger partial charge in [0.05, 0.1) is 30.8 Å². The highest BCUT2D eigenvalue weighted by atomic mass is 16.5. The average Bonchev–Trinajstić information content (AvgIpc) is 2.30. The molecular weight excluding hydrogens is 200 g/mol. The molecule has 0 spiro atoms. The molecular formula is C13H12N2O. The molecule has 1 aromatic carbocycles. The number of nitrogens with zero attached hydrogens (tertiary/aromatic N) is 2. The summed E-state index contributed by atoms with van der Waals surface area (Å²) < 4.78 is 5.15. The topological polar surface area (TPSA) is 45.9 Å². The number of fused-ring (bicyclic) bond motifs is 1.